The number of carbonyl (C=O) groups is 1. The summed E-state index contributed by atoms with van der Waals surface area (Å²) in [5, 5.41) is 0. The maximum Gasteiger partial charge on any atom is 0.340 e. The molecule has 0 amide bonds. The van der Waals surface area contributed by atoms with E-state index in [1.165, 1.54) is 13.2 Å². The molecule has 0 radical (unpaired) electrons. The Morgan fingerprint density at radius 1 is 1.17 bits per heavy atom. The fourth-order valence-electron chi connectivity index (χ4n) is 1.71. The van der Waals surface area contributed by atoms with Gasteiger partial charge in [0.15, 0.2) is 0 Å². The van der Waals surface area contributed by atoms with Gasteiger partial charge in [0.25, 0.3) is 0 Å². The number of hydrogen-bond acceptors (Lipinski definition) is 4. The molecule has 4 nitrogen and oxygen atoms in total. The lowest BCUT2D eigenvalue weighted by molar-refractivity contribution is 0.0603. The Balaban J connectivity index is 2.50. The number of fused-ring (bicyclic) bond motifs is 2. The van der Waals surface area contributed by atoms with E-state index in [0.29, 0.717) is 5.52 Å². The summed E-state index contributed by atoms with van der Waals surface area (Å²) in [6, 6.07) is 3.47. The van der Waals surface area contributed by atoms with Crippen LogP contribution in [0.15, 0.2) is 42.4 Å². The predicted molar refractivity (Wildman–Crippen MR) is 68.4 cm³/mol. The molecule has 0 bridgehead atoms. The zero-order valence-corrected chi connectivity index (χ0v) is 9.44. The van der Waals surface area contributed by atoms with Gasteiger partial charge in [0, 0.05) is 0 Å². The maximum atomic E-state index is 11.8. The number of rotatable bonds is 1. The van der Waals surface area contributed by atoms with Crippen LogP contribution in [0.25, 0.3) is 22.1 Å². The summed E-state index contributed by atoms with van der Waals surface area (Å²) in [5.41, 5.74) is 0.893. The van der Waals surface area contributed by atoms with Crippen LogP contribution in [0.5, 0.6) is 0 Å². The summed E-state index contributed by atoms with van der Waals surface area (Å²) in [4.78, 5) is 20.3. The van der Waals surface area contributed by atoms with Gasteiger partial charge >= 0.3 is 5.97 Å². The van der Waals surface area contributed by atoms with E-state index >= 15 is 0 Å². The number of methoxy groups -OCH3 is 1. The van der Waals surface area contributed by atoms with E-state index in [1.54, 1.807) is 12.1 Å². The molecule has 4 heteroatoms. The van der Waals surface area contributed by atoms with Crippen LogP contribution < -0.4 is 0 Å². The molecule has 0 fully saturated rings. The highest BCUT2D eigenvalue weighted by molar-refractivity contribution is 6.03. The van der Waals surface area contributed by atoms with Gasteiger partial charge in [0.05, 0.1) is 34.7 Å². The molecule has 0 saturated heterocycles. The first-order valence-corrected chi connectivity index (χ1v) is 5.20. The van der Waals surface area contributed by atoms with E-state index in [2.05, 4.69) is 9.97 Å². The van der Waals surface area contributed by atoms with Crippen LogP contribution in [0.1, 0.15) is 15.8 Å². The van der Waals surface area contributed by atoms with E-state index in [0.717, 1.165) is 0 Å². The van der Waals surface area contributed by atoms with Crippen LogP contribution in [0.4, 0.5) is 0 Å². The normalized spacial score (nSPS) is 13.8. The molecule has 0 aliphatic rings. The van der Waals surface area contributed by atoms with Crippen LogP contribution in [-0.4, -0.2) is 23.0 Å². The highest BCUT2D eigenvalue weighted by atomic mass is 16.5. The van der Waals surface area contributed by atoms with Gasteiger partial charge in [-0.2, -0.15) is 0 Å². The third-order valence-electron chi connectivity index (χ3n) is 2.52. The number of carbonyl (C=O) groups excluding carboxylic acids is 1. The topological polar surface area (TPSA) is 52.1 Å². The van der Waals surface area contributed by atoms with Gasteiger partial charge in [-0.1, -0.05) is 18.2 Å². The van der Waals surface area contributed by atoms with Gasteiger partial charge in [-0.25, -0.2) is 14.8 Å². The van der Waals surface area contributed by atoms with Crippen LogP contribution in [-0.2, 0) is 4.74 Å². The molecular formula is C14H10N2O2. The van der Waals surface area contributed by atoms with Gasteiger partial charge in [-0.3, -0.25) is 0 Å². The summed E-state index contributed by atoms with van der Waals surface area (Å²) in [5.74, 6) is -0.583. The van der Waals surface area contributed by atoms with Gasteiger partial charge < -0.3 is 4.74 Å². The second-order valence-corrected chi connectivity index (χ2v) is 3.59. The second kappa shape index (κ2) is 4.07. The van der Waals surface area contributed by atoms with Crippen molar-refractivity contribution in [2.45, 2.75) is 0 Å². The van der Waals surface area contributed by atoms with E-state index < -0.39 is 5.97 Å². The monoisotopic (exact) mass is 242 g/mol. The van der Waals surface area contributed by atoms with Crippen LogP contribution in [0, 0.1) is 0 Å². The zero-order valence-electron chi connectivity index (χ0n) is 13.4. The second-order valence-electron chi connectivity index (χ2n) is 3.59. The summed E-state index contributed by atoms with van der Waals surface area (Å²) in [6.45, 7) is 0. The van der Waals surface area contributed by atoms with Crippen molar-refractivity contribution >= 4 is 28.0 Å². The number of benzene rings is 2. The largest absolute Gasteiger partial charge is 0.465 e. The Kier molecular flexibility index (Phi) is 1.60. The molecule has 0 N–H and O–H groups in total. The van der Waals surface area contributed by atoms with Crippen molar-refractivity contribution in [3.05, 3.63) is 47.9 Å². The van der Waals surface area contributed by atoms with Crippen molar-refractivity contribution < 1.29 is 15.0 Å². The number of hydrogen-bond donors (Lipinski definition) is 0. The lowest BCUT2D eigenvalue weighted by Crippen LogP contribution is -2.03. The standard InChI is InChI=1S/C14H10N2O2/c1-18-14(17)9-5-4-8-12-13(9)16-11-7-3-2-6-10(11)15-12/h2-8H,1H3/i2D,3D,6D,7D. The number of para-hydroxylation sites is 3. The molecule has 1 heterocycles. The first kappa shape index (κ1) is 7.06. The van der Waals surface area contributed by atoms with Crippen LogP contribution >= 0.6 is 0 Å². The van der Waals surface area contributed by atoms with Crippen molar-refractivity contribution in [3.8, 4) is 0 Å². The van der Waals surface area contributed by atoms with Crippen LogP contribution in [0.2, 0.25) is 0 Å². The number of nitrogens with zero attached hydrogens (tertiary/aromatic N) is 2. The molecule has 0 saturated carbocycles. The summed E-state index contributed by atoms with van der Waals surface area (Å²) in [7, 11) is 1.25. The fourth-order valence-corrected chi connectivity index (χ4v) is 1.71. The van der Waals surface area contributed by atoms with Crippen molar-refractivity contribution in [1.29, 1.82) is 0 Å². The smallest absolute Gasteiger partial charge is 0.340 e. The summed E-state index contributed by atoms with van der Waals surface area (Å²) in [6.07, 6.45) is 0. The minimum atomic E-state index is -0.583. The lowest BCUT2D eigenvalue weighted by atomic mass is 10.1. The highest BCUT2D eigenvalue weighted by Gasteiger charge is 2.12. The zero-order chi connectivity index (χ0) is 16.0. The Morgan fingerprint density at radius 2 is 1.89 bits per heavy atom. The van der Waals surface area contributed by atoms with Gasteiger partial charge in [-0.05, 0) is 24.2 Å². The van der Waals surface area contributed by atoms with Crippen LogP contribution in [0.3, 0.4) is 0 Å². The van der Waals surface area contributed by atoms with E-state index in [1.807, 2.05) is 0 Å². The molecular weight excluding hydrogens is 228 g/mol. The number of esters is 1. The highest BCUT2D eigenvalue weighted by Crippen LogP contribution is 2.19. The van der Waals surface area contributed by atoms with Crippen molar-refractivity contribution in [1.82, 2.24) is 9.97 Å². The van der Waals surface area contributed by atoms with Crippen molar-refractivity contribution in [2.75, 3.05) is 7.11 Å². The van der Waals surface area contributed by atoms with Crippen molar-refractivity contribution in [2.24, 2.45) is 0 Å². The Labute approximate surface area is 109 Å². The van der Waals surface area contributed by atoms with E-state index in [4.69, 9.17) is 10.2 Å². The van der Waals surface area contributed by atoms with Gasteiger partial charge in [0.2, 0.25) is 0 Å². The third kappa shape index (κ3) is 1.59. The number of ether oxygens (including phenoxy) is 1. The Morgan fingerprint density at radius 3 is 2.61 bits per heavy atom. The third-order valence-corrected chi connectivity index (χ3v) is 2.52. The van der Waals surface area contributed by atoms with Gasteiger partial charge in [0.1, 0.15) is 5.52 Å². The molecule has 1 aromatic heterocycles. The predicted octanol–water partition coefficient (Wildman–Crippen LogP) is 2.57. The fraction of sp³-hybridized carbons (Fsp3) is 0.0714. The van der Waals surface area contributed by atoms with E-state index in [-0.39, 0.29) is 46.3 Å². The molecule has 2 aromatic carbocycles. The number of aromatic nitrogens is 2. The molecule has 18 heavy (non-hydrogen) atoms. The SMILES string of the molecule is [2H]c1c([2H])c([2H])c2nc3c(C(=O)OC)cccc3nc2c1[2H]. The molecule has 0 unspecified atom stereocenters. The quantitative estimate of drug-likeness (QED) is 0.486. The Bertz CT molecular complexity index is 943. The Hall–Kier alpha value is -2.49. The minimum Gasteiger partial charge on any atom is -0.465 e. The molecule has 3 rings (SSSR count). The van der Waals surface area contributed by atoms with Gasteiger partial charge in [-0.15, -0.1) is 0 Å². The van der Waals surface area contributed by atoms with Crippen molar-refractivity contribution in [3.63, 3.8) is 0 Å². The first-order chi connectivity index (χ1) is 10.5. The summed E-state index contributed by atoms with van der Waals surface area (Å²) >= 11 is 0. The molecule has 88 valence electrons. The average Bonchev–Trinajstić information content (AvgIpc) is 2.55. The molecule has 0 aliphatic heterocycles. The lowest BCUT2D eigenvalue weighted by Gasteiger charge is -2.04. The average molecular weight is 242 g/mol. The first-order valence-electron chi connectivity index (χ1n) is 7.20. The van der Waals surface area contributed by atoms with E-state index in [9.17, 15) is 4.79 Å². The molecule has 3 aromatic rings. The maximum absolute atomic E-state index is 11.8. The molecule has 0 spiro atoms. The summed E-state index contributed by atoms with van der Waals surface area (Å²) < 4.78 is 35.9. The molecule has 0 aliphatic carbocycles. The minimum absolute atomic E-state index is 0.0230. The molecule has 0 atom stereocenters.